The van der Waals surface area contributed by atoms with Gasteiger partial charge in [-0.1, -0.05) is 57.5 Å². The molecule has 0 unspecified atom stereocenters. The second-order valence-corrected chi connectivity index (χ2v) is 15.3. The standard InChI is InChI=1S/C26H28Br4N2O2S2/c27-13-5-1-3-7-15-31-23(17-9-11-19(29)35-17)21-22(25(31)33)24(18-10-12-20(30)36-18)32(26(21)34)16-8-4-2-6-14-28/h9-12H,1-8,13-16H2. The first-order valence-corrected chi connectivity index (χ1v) is 17.7. The fraction of sp³-hybridized carbons (Fsp3) is 0.462. The van der Waals surface area contributed by atoms with Crippen molar-refractivity contribution in [3.8, 4) is 0 Å². The lowest BCUT2D eigenvalue weighted by Gasteiger charge is -2.24. The second-order valence-electron chi connectivity index (χ2n) is 8.77. The third-order valence-electron chi connectivity index (χ3n) is 6.33. The zero-order chi connectivity index (χ0) is 25.7. The molecule has 2 aliphatic heterocycles. The van der Waals surface area contributed by atoms with Crippen LogP contribution in [0.1, 0.15) is 61.1 Å². The molecular weight excluding hydrogens is 756 g/mol. The maximum absolute atomic E-state index is 14.0. The Morgan fingerprint density at radius 3 is 1.31 bits per heavy atom. The van der Waals surface area contributed by atoms with Crippen molar-refractivity contribution in [1.29, 1.82) is 0 Å². The predicted molar refractivity (Wildman–Crippen MR) is 166 cm³/mol. The molecule has 0 saturated heterocycles. The van der Waals surface area contributed by atoms with Crippen LogP contribution in [0.2, 0.25) is 0 Å². The molecule has 2 aromatic rings. The van der Waals surface area contributed by atoms with Crippen LogP contribution in [-0.2, 0) is 9.59 Å². The topological polar surface area (TPSA) is 40.6 Å². The first-order valence-electron chi connectivity index (χ1n) is 12.2. The molecule has 4 heterocycles. The van der Waals surface area contributed by atoms with Crippen molar-refractivity contribution < 1.29 is 9.59 Å². The van der Waals surface area contributed by atoms with E-state index < -0.39 is 0 Å². The van der Waals surface area contributed by atoms with Crippen molar-refractivity contribution in [3.05, 3.63) is 52.7 Å². The minimum Gasteiger partial charge on any atom is -0.306 e. The highest BCUT2D eigenvalue weighted by Crippen LogP contribution is 2.49. The normalized spacial score (nSPS) is 15.8. The summed E-state index contributed by atoms with van der Waals surface area (Å²) in [6.45, 7) is 1.25. The van der Waals surface area contributed by atoms with E-state index in [4.69, 9.17) is 0 Å². The lowest BCUT2D eigenvalue weighted by molar-refractivity contribution is -0.124. The van der Waals surface area contributed by atoms with Crippen molar-refractivity contribution in [2.45, 2.75) is 51.4 Å². The molecule has 2 aliphatic rings. The minimum absolute atomic E-state index is 0.0420. The fourth-order valence-electron chi connectivity index (χ4n) is 4.65. The number of thiophene rings is 2. The monoisotopic (exact) mass is 780 g/mol. The van der Waals surface area contributed by atoms with E-state index in [1.165, 1.54) is 0 Å². The number of nitrogens with zero attached hydrogens (tertiary/aromatic N) is 2. The van der Waals surface area contributed by atoms with Crippen LogP contribution in [0.5, 0.6) is 0 Å². The van der Waals surface area contributed by atoms with Crippen molar-refractivity contribution in [1.82, 2.24) is 9.80 Å². The molecule has 0 aliphatic carbocycles. The summed E-state index contributed by atoms with van der Waals surface area (Å²) in [4.78, 5) is 33.7. The van der Waals surface area contributed by atoms with Gasteiger partial charge in [0.2, 0.25) is 0 Å². The lowest BCUT2D eigenvalue weighted by Crippen LogP contribution is -2.30. The number of alkyl halides is 2. The van der Waals surface area contributed by atoms with Gasteiger partial charge in [-0.3, -0.25) is 9.59 Å². The number of halogens is 4. The fourth-order valence-corrected chi connectivity index (χ4v) is 8.34. The van der Waals surface area contributed by atoms with Gasteiger partial charge in [0.15, 0.2) is 0 Å². The summed E-state index contributed by atoms with van der Waals surface area (Å²) < 4.78 is 1.98. The summed E-state index contributed by atoms with van der Waals surface area (Å²) >= 11 is 17.3. The summed E-state index contributed by atoms with van der Waals surface area (Å²) in [6.07, 6.45) is 8.47. The molecule has 36 heavy (non-hydrogen) atoms. The molecule has 0 radical (unpaired) electrons. The summed E-state index contributed by atoms with van der Waals surface area (Å²) in [7, 11) is 0. The van der Waals surface area contributed by atoms with Crippen LogP contribution in [0, 0.1) is 0 Å². The highest BCUT2D eigenvalue weighted by atomic mass is 79.9. The molecule has 0 aromatic carbocycles. The van der Waals surface area contributed by atoms with Gasteiger partial charge < -0.3 is 9.80 Å². The van der Waals surface area contributed by atoms with Crippen LogP contribution in [0.15, 0.2) is 43.0 Å². The smallest absolute Gasteiger partial charge is 0.261 e. The summed E-state index contributed by atoms with van der Waals surface area (Å²) in [6, 6.07) is 8.02. The molecule has 10 heteroatoms. The Kier molecular flexibility index (Phi) is 10.9. The number of carbonyl (C=O) groups excluding carboxylic acids is 2. The second kappa shape index (κ2) is 13.7. The predicted octanol–water partition coefficient (Wildman–Crippen LogP) is 9.05. The van der Waals surface area contributed by atoms with E-state index in [1.54, 1.807) is 22.7 Å². The Balaban J connectivity index is 1.73. The third-order valence-corrected chi connectivity index (χ3v) is 10.7. The Bertz CT molecular complexity index is 1080. The molecule has 0 spiro atoms. The molecule has 4 nitrogen and oxygen atoms in total. The molecule has 4 rings (SSSR count). The maximum Gasteiger partial charge on any atom is 0.261 e. The van der Waals surface area contributed by atoms with Gasteiger partial charge in [-0.15, -0.1) is 22.7 Å². The van der Waals surface area contributed by atoms with E-state index in [1.807, 2.05) is 34.1 Å². The average Bonchev–Trinajstić information content (AvgIpc) is 3.60. The summed E-state index contributed by atoms with van der Waals surface area (Å²) in [5.41, 5.74) is 2.72. The number of hydrogen-bond donors (Lipinski definition) is 0. The molecule has 0 bridgehead atoms. The van der Waals surface area contributed by atoms with E-state index in [2.05, 4.69) is 63.7 Å². The largest absolute Gasteiger partial charge is 0.306 e. The van der Waals surface area contributed by atoms with Gasteiger partial charge in [-0.2, -0.15) is 0 Å². The van der Waals surface area contributed by atoms with Crippen LogP contribution in [-0.4, -0.2) is 45.4 Å². The van der Waals surface area contributed by atoms with E-state index in [9.17, 15) is 9.59 Å². The minimum atomic E-state index is -0.0420. The van der Waals surface area contributed by atoms with Crippen LogP contribution >= 0.6 is 86.4 Å². The number of rotatable bonds is 14. The van der Waals surface area contributed by atoms with Gasteiger partial charge in [0.25, 0.3) is 11.8 Å². The molecule has 194 valence electrons. The van der Waals surface area contributed by atoms with Gasteiger partial charge in [0.1, 0.15) is 0 Å². The first kappa shape index (κ1) is 28.7. The zero-order valence-electron chi connectivity index (χ0n) is 19.8. The molecule has 0 N–H and O–H groups in total. The molecule has 0 fully saturated rings. The van der Waals surface area contributed by atoms with E-state index in [0.717, 1.165) is 90.7 Å². The van der Waals surface area contributed by atoms with Crippen LogP contribution in [0.4, 0.5) is 0 Å². The van der Waals surface area contributed by atoms with E-state index >= 15 is 0 Å². The molecular formula is C26H28Br4N2O2S2. The number of unbranched alkanes of at least 4 members (excludes halogenated alkanes) is 6. The quantitative estimate of drug-likeness (QED) is 0.142. The number of fused-ring (bicyclic) bond motifs is 1. The van der Waals surface area contributed by atoms with Crippen molar-refractivity contribution in [3.63, 3.8) is 0 Å². The van der Waals surface area contributed by atoms with Crippen LogP contribution in [0.3, 0.4) is 0 Å². The Morgan fingerprint density at radius 1 is 0.583 bits per heavy atom. The molecule has 2 amide bonds. The van der Waals surface area contributed by atoms with Crippen molar-refractivity contribution in [2.75, 3.05) is 23.7 Å². The van der Waals surface area contributed by atoms with Gasteiger partial charge in [-0.05, 0) is 81.8 Å². The highest BCUT2D eigenvalue weighted by molar-refractivity contribution is 9.11. The van der Waals surface area contributed by atoms with Crippen molar-refractivity contribution in [2.24, 2.45) is 0 Å². The Labute approximate surface area is 254 Å². The lowest BCUT2D eigenvalue weighted by atomic mass is 10.1. The molecule has 0 saturated carbocycles. The third kappa shape index (κ3) is 6.30. The van der Waals surface area contributed by atoms with Gasteiger partial charge in [-0.25, -0.2) is 0 Å². The van der Waals surface area contributed by atoms with Gasteiger partial charge in [0.05, 0.1) is 39.9 Å². The Hall–Kier alpha value is -0.260. The van der Waals surface area contributed by atoms with E-state index in [-0.39, 0.29) is 11.8 Å². The number of amides is 2. The highest BCUT2D eigenvalue weighted by Gasteiger charge is 2.49. The Morgan fingerprint density at radius 2 is 0.972 bits per heavy atom. The van der Waals surface area contributed by atoms with Gasteiger partial charge in [0, 0.05) is 23.7 Å². The molecule has 2 aromatic heterocycles. The maximum atomic E-state index is 14.0. The average molecular weight is 784 g/mol. The van der Waals surface area contributed by atoms with Crippen molar-refractivity contribution >= 4 is 110 Å². The van der Waals surface area contributed by atoms with E-state index in [0.29, 0.717) is 24.2 Å². The molecule has 0 atom stereocenters. The first-order chi connectivity index (χ1) is 17.5. The van der Waals surface area contributed by atoms with Crippen LogP contribution < -0.4 is 0 Å². The SMILES string of the molecule is O=C1C2=C(c3ccc(Br)s3)N(CCCCCCBr)C(=O)C2=C(c2ccc(Br)s2)N1CCCCCCBr. The van der Waals surface area contributed by atoms with Crippen LogP contribution in [0.25, 0.3) is 11.4 Å². The summed E-state index contributed by atoms with van der Waals surface area (Å²) in [5, 5.41) is 2.00. The number of carbonyl (C=O) groups is 2. The number of hydrogen-bond acceptors (Lipinski definition) is 4. The summed E-state index contributed by atoms with van der Waals surface area (Å²) in [5.74, 6) is -0.0839. The van der Waals surface area contributed by atoms with Gasteiger partial charge >= 0.3 is 0 Å². The zero-order valence-corrected chi connectivity index (χ0v) is 27.8.